The molecule has 19 heavy (non-hydrogen) atoms. The predicted octanol–water partition coefficient (Wildman–Crippen LogP) is 0.356. The van der Waals surface area contributed by atoms with E-state index in [0.717, 1.165) is 5.69 Å². The maximum absolute atomic E-state index is 12.1. The van der Waals surface area contributed by atoms with Crippen molar-refractivity contribution in [2.45, 2.75) is 33.7 Å². The van der Waals surface area contributed by atoms with Crippen molar-refractivity contribution in [1.29, 1.82) is 0 Å². The molecule has 1 aromatic rings. The van der Waals surface area contributed by atoms with Gasteiger partial charge in [0.15, 0.2) is 5.82 Å². The number of hydrazine groups is 1. The van der Waals surface area contributed by atoms with E-state index in [1.807, 2.05) is 0 Å². The van der Waals surface area contributed by atoms with E-state index in [1.165, 1.54) is 4.90 Å². The van der Waals surface area contributed by atoms with Crippen LogP contribution in [0.1, 0.15) is 31.8 Å². The normalized spacial score (nSPS) is 18.0. The number of likely N-dealkylation sites (tertiary alicyclic amines) is 1. The number of nitrogens with two attached hydrogens (primary N) is 1. The molecule has 2 rings (SSSR count). The first-order valence-electron chi connectivity index (χ1n) is 5.99. The Morgan fingerprint density at radius 1 is 1.42 bits per heavy atom. The second kappa shape index (κ2) is 4.58. The van der Waals surface area contributed by atoms with Crippen LogP contribution in [0.25, 0.3) is 0 Å². The van der Waals surface area contributed by atoms with E-state index in [2.05, 4.69) is 15.4 Å². The maximum atomic E-state index is 12.1. The van der Waals surface area contributed by atoms with Crippen molar-refractivity contribution < 1.29 is 9.59 Å². The molecule has 2 heterocycles. The van der Waals surface area contributed by atoms with Gasteiger partial charge in [-0.25, -0.2) is 15.8 Å². The summed E-state index contributed by atoms with van der Waals surface area (Å²) in [7, 11) is 0. The lowest BCUT2D eigenvalue weighted by Gasteiger charge is -2.17. The minimum Gasteiger partial charge on any atom is -0.308 e. The third-order valence-electron chi connectivity index (χ3n) is 3.07. The Kier molecular flexibility index (Phi) is 3.23. The highest BCUT2D eigenvalue weighted by molar-refractivity contribution is 6.05. The molecular weight excluding hydrogens is 246 g/mol. The van der Waals surface area contributed by atoms with E-state index < -0.39 is 5.41 Å². The summed E-state index contributed by atoms with van der Waals surface area (Å²) >= 11 is 0. The van der Waals surface area contributed by atoms with Crippen LogP contribution in [0.2, 0.25) is 0 Å². The van der Waals surface area contributed by atoms with Crippen LogP contribution in [0.15, 0.2) is 6.07 Å². The fourth-order valence-electron chi connectivity index (χ4n) is 2.10. The van der Waals surface area contributed by atoms with E-state index >= 15 is 0 Å². The smallest absolute Gasteiger partial charge is 0.235 e. The zero-order chi connectivity index (χ0) is 14.2. The lowest BCUT2D eigenvalue weighted by atomic mass is 9.92. The minimum atomic E-state index is -0.643. The Morgan fingerprint density at radius 2 is 2.11 bits per heavy atom. The fraction of sp³-hybridized carbons (Fsp3) is 0.500. The van der Waals surface area contributed by atoms with Crippen LogP contribution in [0.3, 0.4) is 0 Å². The summed E-state index contributed by atoms with van der Waals surface area (Å²) in [5.41, 5.74) is 2.51. The molecule has 0 radical (unpaired) electrons. The number of hydrogen-bond acceptors (Lipinski definition) is 6. The van der Waals surface area contributed by atoms with Gasteiger partial charge in [0.05, 0.1) is 12.0 Å². The number of nitrogens with zero attached hydrogens (tertiary/aromatic N) is 3. The third-order valence-corrected chi connectivity index (χ3v) is 3.07. The quantitative estimate of drug-likeness (QED) is 0.464. The molecule has 1 saturated heterocycles. The largest absolute Gasteiger partial charge is 0.308 e. The first-order valence-corrected chi connectivity index (χ1v) is 5.99. The number of hydrogen-bond donors (Lipinski definition) is 2. The van der Waals surface area contributed by atoms with Crippen LogP contribution < -0.4 is 11.3 Å². The Balaban J connectivity index is 2.24. The molecule has 0 saturated carbocycles. The molecule has 0 spiro atoms. The van der Waals surface area contributed by atoms with Gasteiger partial charge in [-0.2, -0.15) is 0 Å². The lowest BCUT2D eigenvalue weighted by molar-refractivity contribution is -0.141. The highest BCUT2D eigenvalue weighted by atomic mass is 16.2. The van der Waals surface area contributed by atoms with Crippen molar-refractivity contribution in [3.05, 3.63) is 17.6 Å². The zero-order valence-corrected chi connectivity index (χ0v) is 11.2. The first kappa shape index (κ1) is 13.4. The van der Waals surface area contributed by atoms with E-state index in [4.69, 9.17) is 5.84 Å². The van der Waals surface area contributed by atoms with Gasteiger partial charge >= 0.3 is 0 Å². The van der Waals surface area contributed by atoms with Crippen LogP contribution in [-0.4, -0.2) is 26.7 Å². The number of imide groups is 1. The summed E-state index contributed by atoms with van der Waals surface area (Å²) in [6.45, 7) is 5.40. The van der Waals surface area contributed by atoms with Gasteiger partial charge in [0.1, 0.15) is 5.82 Å². The molecule has 1 fully saturated rings. The first-order chi connectivity index (χ1) is 8.83. The summed E-state index contributed by atoms with van der Waals surface area (Å²) in [4.78, 5) is 33.5. The van der Waals surface area contributed by atoms with Gasteiger partial charge in [-0.1, -0.05) is 13.8 Å². The summed E-state index contributed by atoms with van der Waals surface area (Å²) in [6, 6.07) is 1.68. The Morgan fingerprint density at radius 3 is 2.63 bits per heavy atom. The van der Waals surface area contributed by atoms with Crippen LogP contribution in [0.4, 0.5) is 5.82 Å². The number of amides is 2. The minimum absolute atomic E-state index is 0.0808. The molecule has 0 atom stereocenters. The van der Waals surface area contributed by atoms with Crippen LogP contribution in [-0.2, 0) is 16.1 Å². The maximum Gasteiger partial charge on any atom is 0.235 e. The van der Waals surface area contributed by atoms with Crippen LogP contribution in [0.5, 0.6) is 0 Å². The number of anilines is 1. The van der Waals surface area contributed by atoms with E-state index in [0.29, 0.717) is 11.6 Å². The van der Waals surface area contributed by atoms with Crippen molar-refractivity contribution in [3.8, 4) is 0 Å². The SMILES string of the molecule is Cc1cc(NN)nc(CN2C(=O)CC(C)(C)C2=O)n1. The standard InChI is InChI=1S/C12H17N5O2/c1-7-4-8(16-13)15-9(14-7)6-17-10(18)5-12(2,3)11(17)19/h4H,5-6,13H2,1-3H3,(H,14,15,16). The van der Waals surface area contributed by atoms with Gasteiger partial charge in [-0.3, -0.25) is 14.5 Å². The van der Waals surface area contributed by atoms with E-state index in [1.54, 1.807) is 26.8 Å². The average Bonchev–Trinajstić information content (AvgIpc) is 2.51. The number of aryl methyl sites for hydroxylation is 1. The number of nitrogen functional groups attached to an aromatic ring is 1. The van der Waals surface area contributed by atoms with Gasteiger partial charge < -0.3 is 5.43 Å². The second-order valence-corrected chi connectivity index (χ2v) is 5.30. The molecule has 0 bridgehead atoms. The lowest BCUT2D eigenvalue weighted by Crippen LogP contribution is -2.33. The average molecular weight is 263 g/mol. The molecule has 1 aliphatic heterocycles. The van der Waals surface area contributed by atoms with E-state index in [-0.39, 0.29) is 24.8 Å². The van der Waals surface area contributed by atoms with Gasteiger partial charge in [-0.15, -0.1) is 0 Å². The van der Waals surface area contributed by atoms with E-state index in [9.17, 15) is 9.59 Å². The molecule has 0 unspecified atom stereocenters. The molecule has 7 heteroatoms. The van der Waals surface area contributed by atoms with Crippen LogP contribution >= 0.6 is 0 Å². The molecule has 0 aliphatic carbocycles. The van der Waals surface area contributed by atoms with Crippen LogP contribution in [0, 0.1) is 12.3 Å². The Bertz CT molecular complexity index is 541. The van der Waals surface area contributed by atoms with Gasteiger partial charge in [0.25, 0.3) is 0 Å². The molecule has 1 aromatic heterocycles. The highest BCUT2D eigenvalue weighted by Gasteiger charge is 2.44. The van der Waals surface area contributed by atoms with Gasteiger partial charge in [0, 0.05) is 18.2 Å². The molecule has 3 N–H and O–H groups in total. The summed E-state index contributed by atoms with van der Waals surface area (Å²) in [5.74, 6) is 5.78. The summed E-state index contributed by atoms with van der Waals surface area (Å²) in [6.07, 6.45) is 0.222. The zero-order valence-electron chi connectivity index (χ0n) is 11.2. The van der Waals surface area contributed by atoms with Crippen molar-refractivity contribution in [1.82, 2.24) is 14.9 Å². The molecule has 7 nitrogen and oxygen atoms in total. The third kappa shape index (κ3) is 2.55. The summed E-state index contributed by atoms with van der Waals surface area (Å²) in [5, 5.41) is 0. The number of carbonyl (C=O) groups is 2. The number of aromatic nitrogens is 2. The number of rotatable bonds is 3. The van der Waals surface area contributed by atoms with Crippen molar-refractivity contribution in [2.75, 3.05) is 5.43 Å². The predicted molar refractivity (Wildman–Crippen MR) is 68.5 cm³/mol. The Labute approximate surface area is 111 Å². The topological polar surface area (TPSA) is 101 Å². The monoisotopic (exact) mass is 263 g/mol. The molecule has 2 amide bonds. The van der Waals surface area contributed by atoms with Gasteiger partial charge in [-0.05, 0) is 6.92 Å². The molecule has 1 aliphatic rings. The van der Waals surface area contributed by atoms with Crippen molar-refractivity contribution in [3.63, 3.8) is 0 Å². The van der Waals surface area contributed by atoms with Crippen molar-refractivity contribution in [2.24, 2.45) is 11.3 Å². The molecular formula is C12H17N5O2. The molecule has 0 aromatic carbocycles. The number of carbonyl (C=O) groups excluding carboxylic acids is 2. The van der Waals surface area contributed by atoms with Gasteiger partial charge in [0.2, 0.25) is 11.8 Å². The highest BCUT2D eigenvalue weighted by Crippen LogP contribution is 2.32. The second-order valence-electron chi connectivity index (χ2n) is 5.30. The van der Waals surface area contributed by atoms with Crippen molar-refractivity contribution >= 4 is 17.6 Å². The number of nitrogens with one attached hydrogen (secondary N) is 1. The molecule has 102 valence electrons. The Hall–Kier alpha value is -2.02. The summed E-state index contributed by atoms with van der Waals surface area (Å²) < 4.78 is 0. The fourth-order valence-corrected chi connectivity index (χ4v) is 2.10.